The Kier molecular flexibility index (Phi) is 4.51. The molecule has 7 nitrogen and oxygen atoms in total. The number of hydrogen-bond acceptors (Lipinski definition) is 5. The number of oxime groups is 1. The lowest BCUT2D eigenvalue weighted by molar-refractivity contribution is 0.0727. The van der Waals surface area contributed by atoms with Crippen LogP contribution in [-0.2, 0) is 17.9 Å². The largest absolute Gasteiger partial charge is 0.390 e. The molecule has 0 N–H and O–H groups in total. The Balaban J connectivity index is 1.74. The number of imidazole rings is 1. The fourth-order valence-corrected chi connectivity index (χ4v) is 3.25. The van der Waals surface area contributed by atoms with Crippen molar-refractivity contribution >= 4 is 5.71 Å². The van der Waals surface area contributed by atoms with Gasteiger partial charge >= 0.3 is 0 Å². The molecule has 0 saturated carbocycles. The summed E-state index contributed by atoms with van der Waals surface area (Å²) in [5.74, 6) is 0.818. The van der Waals surface area contributed by atoms with Gasteiger partial charge in [0.05, 0.1) is 24.3 Å². The highest BCUT2D eigenvalue weighted by atomic mass is 16.6. The van der Waals surface area contributed by atoms with Crippen molar-refractivity contribution in [1.82, 2.24) is 24.3 Å². The van der Waals surface area contributed by atoms with Crippen LogP contribution in [0.2, 0.25) is 0 Å². The highest BCUT2D eigenvalue weighted by molar-refractivity contribution is 5.85. The van der Waals surface area contributed by atoms with Crippen molar-refractivity contribution in [3.63, 3.8) is 0 Å². The molecule has 0 fully saturated rings. The molecular weight excluding hydrogens is 328 g/mol. The quantitative estimate of drug-likeness (QED) is 0.683. The summed E-state index contributed by atoms with van der Waals surface area (Å²) in [6.07, 6.45) is 5.26. The number of aryl methyl sites for hydroxylation is 1. The van der Waals surface area contributed by atoms with Crippen molar-refractivity contribution in [3.05, 3.63) is 43.0 Å². The Morgan fingerprint density at radius 1 is 1.15 bits per heavy atom. The zero-order valence-corrected chi connectivity index (χ0v) is 15.0. The normalized spacial score (nSPS) is 16.5. The Hall–Kier alpha value is -2.96. The van der Waals surface area contributed by atoms with Gasteiger partial charge in [-0.3, -0.25) is 0 Å². The Labute approximate surface area is 152 Å². The summed E-state index contributed by atoms with van der Waals surface area (Å²) in [4.78, 5) is 14.8. The number of aromatic nitrogens is 5. The van der Waals surface area contributed by atoms with Gasteiger partial charge < -0.3 is 9.40 Å². The van der Waals surface area contributed by atoms with E-state index >= 15 is 0 Å². The van der Waals surface area contributed by atoms with Crippen LogP contribution in [0.15, 0.2) is 48.1 Å². The lowest BCUT2D eigenvalue weighted by Crippen LogP contribution is -2.17. The molecule has 134 valence electrons. The fourth-order valence-electron chi connectivity index (χ4n) is 3.25. The lowest BCUT2D eigenvalue weighted by Gasteiger charge is -2.13. The Morgan fingerprint density at radius 2 is 2.00 bits per heavy atom. The van der Waals surface area contributed by atoms with E-state index < -0.39 is 0 Å². The van der Waals surface area contributed by atoms with Crippen LogP contribution >= 0.6 is 0 Å². The molecule has 26 heavy (non-hydrogen) atoms. The van der Waals surface area contributed by atoms with Gasteiger partial charge in [0.2, 0.25) is 0 Å². The van der Waals surface area contributed by atoms with Crippen molar-refractivity contribution < 1.29 is 4.84 Å². The summed E-state index contributed by atoms with van der Waals surface area (Å²) in [5, 5.41) is 8.51. The van der Waals surface area contributed by atoms with Crippen LogP contribution in [0, 0.1) is 0 Å². The zero-order valence-electron chi connectivity index (χ0n) is 15.0. The summed E-state index contributed by atoms with van der Waals surface area (Å²) in [5.41, 5.74) is 4.04. The van der Waals surface area contributed by atoms with E-state index in [1.54, 1.807) is 6.33 Å². The molecule has 0 radical (unpaired) electrons. The molecule has 0 unspecified atom stereocenters. The highest BCUT2D eigenvalue weighted by Gasteiger charge is 2.25. The average Bonchev–Trinajstić information content (AvgIpc) is 3.41. The molecule has 0 saturated heterocycles. The van der Waals surface area contributed by atoms with Crippen LogP contribution in [0.4, 0.5) is 0 Å². The molecule has 0 amide bonds. The van der Waals surface area contributed by atoms with E-state index in [-0.39, 0.29) is 6.10 Å². The van der Waals surface area contributed by atoms with E-state index in [1.165, 1.54) is 0 Å². The van der Waals surface area contributed by atoms with Gasteiger partial charge in [-0.2, -0.15) is 5.10 Å². The second kappa shape index (κ2) is 7.11. The van der Waals surface area contributed by atoms with Crippen molar-refractivity contribution in [1.29, 1.82) is 0 Å². The van der Waals surface area contributed by atoms with E-state index in [0.29, 0.717) is 6.54 Å². The van der Waals surface area contributed by atoms with Crippen LogP contribution in [0.3, 0.4) is 0 Å². The average molecular weight is 350 g/mol. The van der Waals surface area contributed by atoms with Gasteiger partial charge in [0.15, 0.2) is 11.9 Å². The minimum Gasteiger partial charge on any atom is -0.390 e. The number of rotatable bonds is 6. The van der Waals surface area contributed by atoms with Crippen molar-refractivity contribution in [2.75, 3.05) is 0 Å². The smallest absolute Gasteiger partial charge is 0.177 e. The van der Waals surface area contributed by atoms with Gasteiger partial charge in [0.1, 0.15) is 12.0 Å². The van der Waals surface area contributed by atoms with Gasteiger partial charge in [0.25, 0.3) is 0 Å². The molecule has 0 spiro atoms. The van der Waals surface area contributed by atoms with Crippen molar-refractivity contribution in [2.24, 2.45) is 5.16 Å². The van der Waals surface area contributed by atoms with Crippen LogP contribution in [0.1, 0.15) is 26.7 Å². The molecule has 1 aliphatic heterocycles. The van der Waals surface area contributed by atoms with Gasteiger partial charge in [-0.1, -0.05) is 42.4 Å². The first-order chi connectivity index (χ1) is 12.8. The topological polar surface area (TPSA) is 70.1 Å². The van der Waals surface area contributed by atoms with E-state index in [2.05, 4.69) is 50.8 Å². The van der Waals surface area contributed by atoms with E-state index in [0.717, 1.165) is 47.9 Å². The summed E-state index contributed by atoms with van der Waals surface area (Å²) in [7, 11) is 0. The first kappa shape index (κ1) is 16.5. The Morgan fingerprint density at radius 3 is 2.73 bits per heavy atom. The molecule has 7 heteroatoms. The molecule has 2 aromatic heterocycles. The predicted molar refractivity (Wildman–Crippen MR) is 99.6 cm³/mol. The second-order valence-corrected chi connectivity index (χ2v) is 6.30. The van der Waals surface area contributed by atoms with Crippen LogP contribution in [0.25, 0.3) is 22.8 Å². The standard InChI is InChI=1S/C19H22N6O/c1-3-15-10-16(26-23-15)11-24-13-21-17(14-8-6-5-7-9-14)18(24)19-20-12-22-25(19)4-2/h5-9,12-13,16H,3-4,10-11H2,1-2H3/t16-/m1/s1. The Bertz CT molecular complexity index is 911. The van der Waals surface area contributed by atoms with E-state index in [1.807, 2.05) is 29.2 Å². The fraction of sp³-hybridized carbons (Fsp3) is 0.368. The second-order valence-electron chi connectivity index (χ2n) is 6.30. The van der Waals surface area contributed by atoms with Crippen molar-refractivity contribution in [3.8, 4) is 22.8 Å². The van der Waals surface area contributed by atoms with E-state index in [9.17, 15) is 0 Å². The van der Waals surface area contributed by atoms with Crippen molar-refractivity contribution in [2.45, 2.75) is 45.9 Å². The first-order valence-electron chi connectivity index (χ1n) is 9.00. The summed E-state index contributed by atoms with van der Waals surface area (Å²) >= 11 is 0. The minimum absolute atomic E-state index is 0.0273. The molecule has 0 aliphatic carbocycles. The maximum absolute atomic E-state index is 5.60. The third kappa shape index (κ3) is 3.00. The van der Waals surface area contributed by atoms with Gasteiger partial charge in [-0.25, -0.2) is 14.6 Å². The molecule has 3 aromatic rings. The molecule has 1 atom stereocenters. The van der Waals surface area contributed by atoms with Crippen LogP contribution < -0.4 is 0 Å². The van der Waals surface area contributed by atoms with Crippen LogP contribution in [0.5, 0.6) is 0 Å². The lowest BCUT2D eigenvalue weighted by atomic mass is 10.1. The monoisotopic (exact) mass is 350 g/mol. The summed E-state index contributed by atoms with van der Waals surface area (Å²) in [6, 6.07) is 10.2. The number of nitrogens with zero attached hydrogens (tertiary/aromatic N) is 6. The maximum Gasteiger partial charge on any atom is 0.177 e. The molecule has 4 rings (SSSR count). The maximum atomic E-state index is 5.60. The van der Waals surface area contributed by atoms with E-state index in [4.69, 9.17) is 4.84 Å². The van der Waals surface area contributed by atoms with Gasteiger partial charge in [-0.05, 0) is 13.3 Å². The molecular formula is C19H22N6O. The predicted octanol–water partition coefficient (Wildman–Crippen LogP) is 3.38. The highest BCUT2D eigenvalue weighted by Crippen LogP contribution is 2.31. The number of hydrogen-bond donors (Lipinski definition) is 0. The molecule has 3 heterocycles. The number of benzene rings is 1. The molecule has 0 bridgehead atoms. The first-order valence-corrected chi connectivity index (χ1v) is 9.00. The van der Waals surface area contributed by atoms with Gasteiger partial charge in [0, 0.05) is 18.5 Å². The summed E-state index contributed by atoms with van der Waals surface area (Å²) < 4.78 is 4.00. The van der Waals surface area contributed by atoms with Crippen LogP contribution in [-0.4, -0.2) is 36.1 Å². The van der Waals surface area contributed by atoms with Gasteiger partial charge in [-0.15, -0.1) is 0 Å². The molecule has 1 aliphatic rings. The molecule has 1 aromatic carbocycles. The summed E-state index contributed by atoms with van der Waals surface area (Å²) in [6.45, 7) is 5.59. The minimum atomic E-state index is 0.0273. The zero-order chi connectivity index (χ0) is 17.9. The SMILES string of the molecule is CCC1=NO[C@@H](Cn2cnc(-c3ccccc3)c2-c2ncnn2CC)C1. The third-order valence-electron chi connectivity index (χ3n) is 4.61. The third-order valence-corrected chi connectivity index (χ3v) is 4.61.